The van der Waals surface area contributed by atoms with Gasteiger partial charge >= 0.3 is 6.03 Å². The van der Waals surface area contributed by atoms with E-state index >= 15 is 0 Å². The number of hydrogen-bond donors (Lipinski definition) is 2. The molecule has 0 bridgehead atoms. The zero-order valence-corrected chi connectivity index (χ0v) is 14.3. The molecule has 3 aromatic rings. The van der Waals surface area contributed by atoms with Crippen molar-refractivity contribution >= 4 is 11.7 Å². The first-order chi connectivity index (χ1) is 12.0. The average Bonchev–Trinajstić information content (AvgIpc) is 3.24. The highest BCUT2D eigenvalue weighted by Gasteiger charge is 2.10. The Hall–Kier alpha value is -3.30. The van der Waals surface area contributed by atoms with Crippen molar-refractivity contribution in [2.75, 3.05) is 11.9 Å². The van der Waals surface area contributed by atoms with Gasteiger partial charge in [-0.05, 0) is 47.5 Å². The van der Waals surface area contributed by atoms with Gasteiger partial charge in [0, 0.05) is 25.7 Å². The molecule has 0 aliphatic heterocycles. The van der Waals surface area contributed by atoms with Crippen LogP contribution in [0.15, 0.2) is 24.8 Å². The molecule has 0 spiro atoms. The van der Waals surface area contributed by atoms with E-state index in [2.05, 4.69) is 36.2 Å². The molecule has 0 saturated carbocycles. The SMILES string of the molecule is Cc1cc(-n2cnnn2)cc(NC(=O)NCCc2ncnn2C)c1C. The minimum atomic E-state index is -0.279. The third-order valence-electron chi connectivity index (χ3n) is 3.95. The molecule has 10 heteroatoms. The summed E-state index contributed by atoms with van der Waals surface area (Å²) in [6, 6.07) is 3.52. The second kappa shape index (κ2) is 7.07. The van der Waals surface area contributed by atoms with E-state index in [9.17, 15) is 4.79 Å². The van der Waals surface area contributed by atoms with Crippen LogP contribution >= 0.6 is 0 Å². The van der Waals surface area contributed by atoms with Gasteiger partial charge in [0.15, 0.2) is 0 Å². The smallest absolute Gasteiger partial charge is 0.319 e. The Kier molecular flexibility index (Phi) is 4.68. The van der Waals surface area contributed by atoms with E-state index < -0.39 is 0 Å². The van der Waals surface area contributed by atoms with Gasteiger partial charge in [0.05, 0.1) is 5.69 Å². The first kappa shape index (κ1) is 16.6. The lowest BCUT2D eigenvalue weighted by molar-refractivity contribution is 0.252. The molecule has 1 aromatic carbocycles. The van der Waals surface area contributed by atoms with Crippen LogP contribution in [0, 0.1) is 13.8 Å². The van der Waals surface area contributed by atoms with E-state index in [4.69, 9.17) is 0 Å². The maximum Gasteiger partial charge on any atom is 0.319 e. The number of anilines is 1. The fraction of sp³-hybridized carbons (Fsp3) is 0.333. The van der Waals surface area contributed by atoms with Crippen LogP contribution in [0.4, 0.5) is 10.5 Å². The lowest BCUT2D eigenvalue weighted by atomic mass is 10.1. The highest BCUT2D eigenvalue weighted by Crippen LogP contribution is 2.23. The molecule has 2 aromatic heterocycles. The first-order valence-electron chi connectivity index (χ1n) is 7.77. The standard InChI is InChI=1S/C15H19N9O/c1-10-6-12(24-9-18-21-22-24)7-13(11(10)2)20-15(25)16-5-4-14-17-8-19-23(14)3/h6-9H,4-5H2,1-3H3,(H2,16,20,25). The molecule has 0 radical (unpaired) electrons. The third-order valence-corrected chi connectivity index (χ3v) is 3.95. The van der Waals surface area contributed by atoms with Gasteiger partial charge in [0.25, 0.3) is 0 Å². The molecule has 3 rings (SSSR count). The third kappa shape index (κ3) is 3.79. The molecule has 0 atom stereocenters. The summed E-state index contributed by atoms with van der Waals surface area (Å²) >= 11 is 0. The summed E-state index contributed by atoms with van der Waals surface area (Å²) in [5.74, 6) is 0.813. The molecular formula is C15H19N9O. The van der Waals surface area contributed by atoms with Crippen LogP contribution in [-0.2, 0) is 13.5 Å². The molecule has 0 fully saturated rings. The highest BCUT2D eigenvalue weighted by molar-refractivity contribution is 5.90. The summed E-state index contributed by atoms with van der Waals surface area (Å²) < 4.78 is 3.23. The number of hydrogen-bond acceptors (Lipinski definition) is 6. The van der Waals surface area contributed by atoms with Crippen molar-refractivity contribution in [2.24, 2.45) is 7.05 Å². The first-order valence-corrected chi connectivity index (χ1v) is 7.77. The van der Waals surface area contributed by atoms with E-state index in [-0.39, 0.29) is 6.03 Å². The highest BCUT2D eigenvalue weighted by atomic mass is 16.2. The van der Waals surface area contributed by atoms with Crippen LogP contribution in [0.2, 0.25) is 0 Å². The van der Waals surface area contributed by atoms with Gasteiger partial charge in [-0.2, -0.15) is 5.10 Å². The summed E-state index contributed by atoms with van der Waals surface area (Å²) in [7, 11) is 1.82. The van der Waals surface area contributed by atoms with E-state index in [1.807, 2.05) is 33.0 Å². The summed E-state index contributed by atoms with van der Waals surface area (Å²) in [4.78, 5) is 16.3. The van der Waals surface area contributed by atoms with Crippen molar-refractivity contribution in [2.45, 2.75) is 20.3 Å². The van der Waals surface area contributed by atoms with Crippen LogP contribution in [0.1, 0.15) is 17.0 Å². The van der Waals surface area contributed by atoms with Gasteiger partial charge in [-0.15, -0.1) is 5.10 Å². The predicted octanol–water partition coefficient (Wildman–Crippen LogP) is 0.772. The maximum atomic E-state index is 12.2. The normalized spacial score (nSPS) is 10.7. The number of amides is 2. The largest absolute Gasteiger partial charge is 0.337 e. The van der Waals surface area contributed by atoms with Crippen molar-refractivity contribution in [1.82, 2.24) is 40.3 Å². The lowest BCUT2D eigenvalue weighted by Gasteiger charge is -2.13. The van der Waals surface area contributed by atoms with E-state index in [1.165, 1.54) is 12.7 Å². The van der Waals surface area contributed by atoms with Crippen molar-refractivity contribution in [3.05, 3.63) is 41.7 Å². The van der Waals surface area contributed by atoms with Crippen LogP contribution in [0.5, 0.6) is 0 Å². The Morgan fingerprint density at radius 3 is 2.80 bits per heavy atom. The Labute approximate surface area is 144 Å². The molecule has 2 N–H and O–H groups in total. The number of carbonyl (C=O) groups is 1. The monoisotopic (exact) mass is 341 g/mol. The van der Waals surface area contributed by atoms with Crippen LogP contribution in [0.25, 0.3) is 5.69 Å². The zero-order chi connectivity index (χ0) is 17.8. The Balaban J connectivity index is 1.65. The summed E-state index contributed by atoms with van der Waals surface area (Å²) in [5, 5.41) is 20.8. The van der Waals surface area contributed by atoms with E-state index in [1.54, 1.807) is 9.36 Å². The number of carbonyl (C=O) groups excluding carboxylic acids is 1. The maximum absolute atomic E-state index is 12.2. The van der Waals surface area contributed by atoms with Crippen molar-refractivity contribution in [3.63, 3.8) is 0 Å². The number of tetrazole rings is 1. The fourth-order valence-corrected chi connectivity index (χ4v) is 2.38. The number of rotatable bonds is 5. The minimum Gasteiger partial charge on any atom is -0.337 e. The number of nitrogens with one attached hydrogen (secondary N) is 2. The van der Waals surface area contributed by atoms with E-state index in [0.717, 1.165) is 22.6 Å². The van der Waals surface area contributed by atoms with E-state index in [0.29, 0.717) is 18.7 Å². The van der Waals surface area contributed by atoms with Gasteiger partial charge in [-0.25, -0.2) is 14.5 Å². The minimum absolute atomic E-state index is 0.279. The van der Waals surface area contributed by atoms with Gasteiger partial charge in [-0.1, -0.05) is 0 Å². The Morgan fingerprint density at radius 2 is 2.12 bits per heavy atom. The van der Waals surface area contributed by atoms with Gasteiger partial charge in [-0.3, -0.25) is 4.68 Å². The molecule has 130 valence electrons. The lowest BCUT2D eigenvalue weighted by Crippen LogP contribution is -2.31. The Morgan fingerprint density at radius 1 is 1.28 bits per heavy atom. The Bertz CT molecular complexity index is 869. The summed E-state index contributed by atoms with van der Waals surface area (Å²) in [5.41, 5.74) is 3.51. The number of aromatic nitrogens is 7. The molecule has 2 amide bonds. The summed E-state index contributed by atoms with van der Waals surface area (Å²) in [6.45, 7) is 4.39. The second-order valence-electron chi connectivity index (χ2n) is 5.62. The number of aryl methyl sites for hydroxylation is 2. The molecule has 0 unspecified atom stereocenters. The van der Waals surface area contributed by atoms with Crippen LogP contribution in [0.3, 0.4) is 0 Å². The summed E-state index contributed by atoms with van der Waals surface area (Å²) in [6.07, 6.45) is 3.60. The molecule has 0 saturated heterocycles. The molecule has 2 heterocycles. The van der Waals surface area contributed by atoms with Crippen molar-refractivity contribution in [1.29, 1.82) is 0 Å². The van der Waals surface area contributed by atoms with Gasteiger partial charge in [0.2, 0.25) is 0 Å². The zero-order valence-electron chi connectivity index (χ0n) is 14.3. The molecule has 25 heavy (non-hydrogen) atoms. The van der Waals surface area contributed by atoms with Gasteiger partial charge < -0.3 is 10.6 Å². The van der Waals surface area contributed by atoms with Crippen LogP contribution in [-0.4, -0.2) is 47.5 Å². The fourth-order valence-electron chi connectivity index (χ4n) is 2.38. The van der Waals surface area contributed by atoms with Crippen LogP contribution < -0.4 is 10.6 Å². The average molecular weight is 341 g/mol. The quantitative estimate of drug-likeness (QED) is 0.708. The number of nitrogens with zero attached hydrogens (tertiary/aromatic N) is 7. The second-order valence-corrected chi connectivity index (χ2v) is 5.62. The van der Waals surface area contributed by atoms with Crippen molar-refractivity contribution in [3.8, 4) is 5.69 Å². The van der Waals surface area contributed by atoms with Gasteiger partial charge in [0.1, 0.15) is 18.5 Å². The molecular weight excluding hydrogens is 322 g/mol. The number of benzene rings is 1. The molecule has 0 aliphatic carbocycles. The molecule has 0 aliphatic rings. The predicted molar refractivity (Wildman–Crippen MR) is 90.4 cm³/mol. The van der Waals surface area contributed by atoms with Crippen molar-refractivity contribution < 1.29 is 4.79 Å². The topological polar surface area (TPSA) is 115 Å². The number of urea groups is 1. The molecule has 10 nitrogen and oxygen atoms in total.